The van der Waals surface area contributed by atoms with E-state index in [1.807, 2.05) is 0 Å². The summed E-state index contributed by atoms with van der Waals surface area (Å²) < 4.78 is 46.4. The van der Waals surface area contributed by atoms with E-state index >= 15 is 0 Å². The molecule has 12 heteroatoms. The molecule has 1 fully saturated rings. The molecule has 0 aromatic rings. The summed E-state index contributed by atoms with van der Waals surface area (Å²) >= 11 is 1.03. The van der Waals surface area contributed by atoms with E-state index in [4.69, 9.17) is 4.74 Å². The standard InChI is InChI=1S/C13H13F3N2O6S/c1-5(19)24-3-6-4-25-10-7(17-12(22)13(14,15)16)9(20)18(10)8(6)11(21)23-2/h7,10H,3-4H2,1-2H3,(H,17,22)/t7-,10?/m1/s1. The van der Waals surface area contributed by atoms with Crippen molar-refractivity contribution in [3.63, 3.8) is 0 Å². The van der Waals surface area contributed by atoms with Crippen LogP contribution in [0.5, 0.6) is 0 Å². The molecule has 25 heavy (non-hydrogen) atoms. The van der Waals surface area contributed by atoms with Crippen LogP contribution in [0.1, 0.15) is 6.92 Å². The van der Waals surface area contributed by atoms with E-state index in [-0.39, 0.29) is 23.6 Å². The minimum absolute atomic E-state index is 0.116. The summed E-state index contributed by atoms with van der Waals surface area (Å²) in [7, 11) is 1.07. The van der Waals surface area contributed by atoms with Crippen LogP contribution in [0.3, 0.4) is 0 Å². The molecule has 1 N–H and O–H groups in total. The van der Waals surface area contributed by atoms with Gasteiger partial charge in [0.2, 0.25) is 0 Å². The van der Waals surface area contributed by atoms with Gasteiger partial charge in [-0.15, -0.1) is 11.8 Å². The highest BCUT2D eigenvalue weighted by molar-refractivity contribution is 8.00. The molecule has 1 unspecified atom stereocenters. The Kier molecular flexibility index (Phi) is 5.30. The highest BCUT2D eigenvalue weighted by Gasteiger charge is 2.56. The van der Waals surface area contributed by atoms with Gasteiger partial charge in [-0.2, -0.15) is 13.2 Å². The number of nitrogens with zero attached hydrogens (tertiary/aromatic N) is 1. The molecule has 1 saturated heterocycles. The minimum atomic E-state index is -5.12. The van der Waals surface area contributed by atoms with Gasteiger partial charge >= 0.3 is 24.0 Å². The number of ether oxygens (including phenoxy) is 2. The zero-order valence-electron chi connectivity index (χ0n) is 13.0. The molecule has 0 radical (unpaired) electrons. The Balaban J connectivity index is 2.22. The Labute approximate surface area is 143 Å². The number of methoxy groups -OCH3 is 1. The lowest BCUT2D eigenvalue weighted by atomic mass is 10.0. The molecule has 2 heterocycles. The molecule has 0 saturated carbocycles. The van der Waals surface area contributed by atoms with Gasteiger partial charge in [-0.1, -0.05) is 0 Å². The molecule has 2 atom stereocenters. The number of carbonyl (C=O) groups is 4. The van der Waals surface area contributed by atoms with Crippen molar-refractivity contribution in [2.75, 3.05) is 19.5 Å². The van der Waals surface area contributed by atoms with Crippen molar-refractivity contribution >= 4 is 35.5 Å². The summed E-state index contributed by atoms with van der Waals surface area (Å²) in [6.45, 7) is 0.900. The molecule has 138 valence electrons. The predicted octanol–water partition coefficient (Wildman–Crippen LogP) is -0.0612. The summed E-state index contributed by atoms with van der Waals surface area (Å²) in [5.41, 5.74) is 0.104. The second-order valence-corrected chi connectivity index (χ2v) is 6.19. The van der Waals surface area contributed by atoms with Crippen LogP contribution in [0.25, 0.3) is 0 Å². The van der Waals surface area contributed by atoms with E-state index < -0.39 is 41.3 Å². The first-order chi connectivity index (χ1) is 11.6. The summed E-state index contributed by atoms with van der Waals surface area (Å²) in [4.78, 5) is 47.0. The molecule has 2 aliphatic rings. The monoisotopic (exact) mass is 382 g/mol. The van der Waals surface area contributed by atoms with E-state index in [2.05, 4.69) is 4.74 Å². The molecule has 2 amide bonds. The lowest BCUT2D eigenvalue weighted by molar-refractivity contribution is -0.177. The molecular formula is C13H13F3N2O6S. The number of halogens is 3. The summed E-state index contributed by atoms with van der Waals surface area (Å²) in [6, 6.07) is -1.41. The minimum Gasteiger partial charge on any atom is -0.464 e. The predicted molar refractivity (Wildman–Crippen MR) is 76.8 cm³/mol. The Morgan fingerprint density at radius 1 is 1.36 bits per heavy atom. The van der Waals surface area contributed by atoms with Crippen molar-refractivity contribution in [2.45, 2.75) is 24.5 Å². The molecule has 2 aliphatic heterocycles. The number of hydrogen-bond acceptors (Lipinski definition) is 7. The fraction of sp³-hybridized carbons (Fsp3) is 0.538. The first-order valence-corrected chi connectivity index (χ1v) is 7.88. The van der Waals surface area contributed by atoms with Crippen LogP contribution < -0.4 is 5.32 Å². The van der Waals surface area contributed by atoms with Crippen LogP contribution >= 0.6 is 11.8 Å². The van der Waals surface area contributed by atoms with E-state index in [0.717, 1.165) is 30.7 Å². The number of carbonyl (C=O) groups excluding carboxylic acids is 4. The number of nitrogens with one attached hydrogen (secondary N) is 1. The molecule has 0 spiro atoms. The van der Waals surface area contributed by atoms with E-state index in [1.165, 1.54) is 0 Å². The molecule has 0 aromatic heterocycles. The maximum Gasteiger partial charge on any atom is 0.471 e. The third-order valence-electron chi connectivity index (χ3n) is 3.42. The lowest BCUT2D eigenvalue weighted by Crippen LogP contribution is -2.71. The number of esters is 2. The van der Waals surface area contributed by atoms with Crippen LogP contribution in [-0.4, -0.2) is 65.7 Å². The third-order valence-corrected chi connectivity index (χ3v) is 4.76. The largest absolute Gasteiger partial charge is 0.471 e. The summed E-state index contributed by atoms with van der Waals surface area (Å²) in [5, 5.41) is 0.731. The number of thioether (sulfide) groups is 1. The molecule has 2 rings (SSSR count). The van der Waals surface area contributed by atoms with Gasteiger partial charge in [0.1, 0.15) is 23.7 Å². The number of hydrogen-bond donors (Lipinski definition) is 1. The van der Waals surface area contributed by atoms with Crippen molar-refractivity contribution in [1.29, 1.82) is 0 Å². The van der Waals surface area contributed by atoms with Crippen LogP contribution in [0, 0.1) is 0 Å². The Morgan fingerprint density at radius 3 is 2.52 bits per heavy atom. The van der Waals surface area contributed by atoms with E-state index in [9.17, 15) is 32.3 Å². The van der Waals surface area contributed by atoms with Crippen molar-refractivity contribution in [2.24, 2.45) is 0 Å². The van der Waals surface area contributed by atoms with Crippen molar-refractivity contribution in [3.05, 3.63) is 11.3 Å². The topological polar surface area (TPSA) is 102 Å². The van der Waals surface area contributed by atoms with E-state index in [1.54, 1.807) is 5.32 Å². The van der Waals surface area contributed by atoms with Gasteiger partial charge in [-0.05, 0) is 0 Å². The van der Waals surface area contributed by atoms with Crippen LogP contribution in [-0.2, 0) is 28.7 Å². The Hall–Kier alpha value is -2.24. The van der Waals surface area contributed by atoms with Gasteiger partial charge in [-0.3, -0.25) is 19.3 Å². The van der Waals surface area contributed by atoms with E-state index in [0.29, 0.717) is 0 Å². The van der Waals surface area contributed by atoms with Gasteiger partial charge in [-0.25, -0.2) is 4.79 Å². The first-order valence-electron chi connectivity index (χ1n) is 6.84. The van der Waals surface area contributed by atoms with Crippen molar-refractivity contribution < 1.29 is 41.8 Å². The van der Waals surface area contributed by atoms with Crippen LogP contribution in [0.4, 0.5) is 13.2 Å². The molecule has 0 aromatic carbocycles. The zero-order valence-corrected chi connectivity index (χ0v) is 13.8. The lowest BCUT2D eigenvalue weighted by Gasteiger charge is -2.49. The zero-order chi connectivity index (χ0) is 18.9. The van der Waals surface area contributed by atoms with Crippen LogP contribution in [0.15, 0.2) is 11.3 Å². The van der Waals surface area contributed by atoms with Crippen molar-refractivity contribution in [1.82, 2.24) is 10.2 Å². The summed E-state index contributed by atoms with van der Waals surface area (Å²) in [6.07, 6.45) is -5.12. The van der Waals surface area contributed by atoms with Gasteiger partial charge in [0.25, 0.3) is 5.91 Å². The van der Waals surface area contributed by atoms with Crippen molar-refractivity contribution in [3.8, 4) is 0 Å². The normalized spacial score (nSPS) is 22.8. The smallest absolute Gasteiger partial charge is 0.464 e. The molecule has 0 aliphatic carbocycles. The highest BCUT2D eigenvalue weighted by Crippen LogP contribution is 2.41. The molecule has 8 nitrogen and oxygen atoms in total. The van der Waals surface area contributed by atoms with Gasteiger partial charge in [0, 0.05) is 18.2 Å². The Morgan fingerprint density at radius 2 is 2.00 bits per heavy atom. The number of alkyl halides is 3. The number of rotatable bonds is 4. The third kappa shape index (κ3) is 3.72. The summed E-state index contributed by atoms with van der Waals surface area (Å²) in [5.74, 6) is -4.49. The van der Waals surface area contributed by atoms with Gasteiger partial charge < -0.3 is 14.8 Å². The second kappa shape index (κ2) is 6.94. The van der Waals surface area contributed by atoms with Gasteiger partial charge in [0.05, 0.1) is 7.11 Å². The fourth-order valence-electron chi connectivity index (χ4n) is 2.29. The number of β-lactam (4-membered cyclic amide) rings is 1. The quantitative estimate of drug-likeness (QED) is 0.537. The fourth-order valence-corrected chi connectivity index (χ4v) is 3.62. The highest BCUT2D eigenvalue weighted by atomic mass is 32.2. The SMILES string of the molecule is COC(=O)C1=C(COC(C)=O)CSC2[C@H](NC(=O)C(F)(F)F)C(=O)N12. The van der Waals surface area contributed by atoms with Gasteiger partial charge in [0.15, 0.2) is 0 Å². The maximum atomic E-state index is 12.3. The number of amides is 2. The van der Waals surface area contributed by atoms with Crippen LogP contribution in [0.2, 0.25) is 0 Å². The average molecular weight is 382 g/mol. The number of fused-ring (bicyclic) bond motifs is 1. The maximum absolute atomic E-state index is 12.3. The second-order valence-electron chi connectivity index (χ2n) is 5.08. The molecular weight excluding hydrogens is 369 g/mol. The first kappa shape index (κ1) is 19.1. The average Bonchev–Trinajstić information content (AvgIpc) is 2.54. The Bertz CT molecular complexity index is 663. The molecule has 0 bridgehead atoms.